The molecule has 1 aromatic heterocycles. The summed E-state index contributed by atoms with van der Waals surface area (Å²) in [5.74, 6) is 0.602. The van der Waals surface area contributed by atoms with Crippen molar-refractivity contribution in [2.45, 2.75) is 19.9 Å². The van der Waals surface area contributed by atoms with Crippen LogP contribution in [0.3, 0.4) is 0 Å². The largest absolute Gasteiger partial charge is 0.497 e. The van der Waals surface area contributed by atoms with Gasteiger partial charge in [0.15, 0.2) is 0 Å². The second kappa shape index (κ2) is 7.40. The molecule has 0 aliphatic heterocycles. The number of carbonyl (C=O) groups is 1. The SMILES string of the molecule is CONC(=O)Cc1c(C)n(Cc2ccccc2)c2ccc(OC)cc12. The Balaban J connectivity index is 2.10. The topological polar surface area (TPSA) is 52.5 Å². The summed E-state index contributed by atoms with van der Waals surface area (Å²) in [6.07, 6.45) is 0.255. The van der Waals surface area contributed by atoms with Crippen LogP contribution >= 0.6 is 0 Å². The number of hydrogen-bond donors (Lipinski definition) is 1. The van der Waals surface area contributed by atoms with Crippen molar-refractivity contribution >= 4 is 16.8 Å². The van der Waals surface area contributed by atoms with E-state index in [4.69, 9.17) is 9.57 Å². The van der Waals surface area contributed by atoms with E-state index in [0.717, 1.165) is 34.5 Å². The molecule has 5 nitrogen and oxygen atoms in total. The summed E-state index contributed by atoms with van der Waals surface area (Å²) in [4.78, 5) is 16.8. The Bertz CT molecular complexity index is 885. The van der Waals surface area contributed by atoms with Crippen molar-refractivity contribution in [1.29, 1.82) is 0 Å². The van der Waals surface area contributed by atoms with Gasteiger partial charge in [0.2, 0.25) is 5.91 Å². The van der Waals surface area contributed by atoms with Crippen molar-refractivity contribution in [1.82, 2.24) is 10.0 Å². The highest BCUT2D eigenvalue weighted by molar-refractivity contribution is 5.91. The van der Waals surface area contributed by atoms with Gasteiger partial charge >= 0.3 is 0 Å². The number of benzene rings is 2. The molecule has 130 valence electrons. The number of nitrogens with one attached hydrogen (secondary N) is 1. The van der Waals surface area contributed by atoms with Crippen molar-refractivity contribution < 1.29 is 14.4 Å². The summed E-state index contributed by atoms with van der Waals surface area (Å²) in [5, 5.41) is 1.03. The molecule has 3 aromatic rings. The molecule has 1 heterocycles. The lowest BCUT2D eigenvalue weighted by atomic mass is 10.1. The second-order valence-electron chi connectivity index (χ2n) is 5.92. The number of aromatic nitrogens is 1. The van der Waals surface area contributed by atoms with Crippen LogP contribution in [-0.4, -0.2) is 24.7 Å². The number of carbonyl (C=O) groups excluding carboxylic acids is 1. The standard InChI is InChI=1S/C20H22N2O3/c1-14-17(12-20(23)21-25-3)18-11-16(24-2)9-10-19(18)22(14)13-15-7-5-4-6-8-15/h4-11H,12-13H2,1-3H3,(H,21,23). The number of methoxy groups -OCH3 is 1. The number of hydroxylamine groups is 1. The molecule has 0 saturated carbocycles. The summed E-state index contributed by atoms with van der Waals surface area (Å²) in [5.41, 5.74) is 6.75. The van der Waals surface area contributed by atoms with Crippen molar-refractivity contribution in [3.05, 3.63) is 65.4 Å². The molecule has 0 bridgehead atoms. The average molecular weight is 338 g/mol. The summed E-state index contributed by atoms with van der Waals surface area (Å²) < 4.78 is 7.60. The van der Waals surface area contributed by atoms with E-state index in [-0.39, 0.29) is 12.3 Å². The predicted molar refractivity (Wildman–Crippen MR) is 97.6 cm³/mol. The van der Waals surface area contributed by atoms with Gasteiger partial charge in [0.05, 0.1) is 20.6 Å². The van der Waals surface area contributed by atoms with Gasteiger partial charge in [-0.1, -0.05) is 30.3 Å². The van der Waals surface area contributed by atoms with Gasteiger partial charge in [0, 0.05) is 23.1 Å². The highest BCUT2D eigenvalue weighted by Gasteiger charge is 2.17. The molecule has 3 rings (SSSR count). The smallest absolute Gasteiger partial charge is 0.248 e. The number of amides is 1. The van der Waals surface area contributed by atoms with Gasteiger partial charge in [0.1, 0.15) is 5.75 Å². The molecule has 0 aliphatic carbocycles. The number of fused-ring (bicyclic) bond motifs is 1. The van der Waals surface area contributed by atoms with Gasteiger partial charge in [0.25, 0.3) is 0 Å². The third-order valence-electron chi connectivity index (χ3n) is 4.40. The molecule has 0 fully saturated rings. The van der Waals surface area contributed by atoms with Gasteiger partial charge in [-0.25, -0.2) is 5.48 Å². The van der Waals surface area contributed by atoms with Crippen molar-refractivity contribution in [3.63, 3.8) is 0 Å². The Hall–Kier alpha value is -2.79. The lowest BCUT2D eigenvalue weighted by molar-refractivity contribution is -0.130. The van der Waals surface area contributed by atoms with Crippen LogP contribution in [-0.2, 0) is 22.6 Å². The van der Waals surface area contributed by atoms with E-state index in [9.17, 15) is 4.79 Å². The number of hydrogen-bond acceptors (Lipinski definition) is 3. The number of rotatable bonds is 6. The van der Waals surface area contributed by atoms with E-state index in [1.807, 2.05) is 43.3 Å². The van der Waals surface area contributed by atoms with Gasteiger partial charge in [-0.3, -0.25) is 9.63 Å². The zero-order valence-electron chi connectivity index (χ0n) is 14.7. The maximum Gasteiger partial charge on any atom is 0.248 e. The molecule has 1 amide bonds. The molecule has 0 saturated heterocycles. The van der Waals surface area contributed by atoms with E-state index in [0.29, 0.717) is 0 Å². The van der Waals surface area contributed by atoms with Gasteiger partial charge in [-0.2, -0.15) is 0 Å². The molecule has 2 aromatic carbocycles. The fraction of sp³-hybridized carbons (Fsp3) is 0.250. The predicted octanol–water partition coefficient (Wildman–Crippen LogP) is 3.23. The minimum atomic E-state index is -0.174. The van der Waals surface area contributed by atoms with Crippen LogP contribution in [0, 0.1) is 6.92 Å². The Morgan fingerprint density at radius 2 is 1.88 bits per heavy atom. The van der Waals surface area contributed by atoms with Gasteiger partial charge in [-0.15, -0.1) is 0 Å². The van der Waals surface area contributed by atoms with E-state index in [1.165, 1.54) is 12.7 Å². The van der Waals surface area contributed by atoms with Crippen LogP contribution < -0.4 is 10.2 Å². The summed E-state index contributed by atoms with van der Waals surface area (Å²) >= 11 is 0. The maximum absolute atomic E-state index is 12.1. The van der Waals surface area contributed by atoms with Crippen LogP contribution in [0.15, 0.2) is 48.5 Å². The first-order chi connectivity index (χ1) is 12.1. The molecule has 0 aliphatic rings. The van der Waals surface area contributed by atoms with Gasteiger partial charge in [-0.05, 0) is 36.2 Å². The highest BCUT2D eigenvalue weighted by atomic mass is 16.6. The molecule has 0 unspecified atom stereocenters. The monoisotopic (exact) mass is 338 g/mol. The Kier molecular flexibility index (Phi) is 5.05. The Morgan fingerprint density at radius 3 is 2.56 bits per heavy atom. The molecule has 0 atom stereocenters. The highest BCUT2D eigenvalue weighted by Crippen LogP contribution is 2.30. The number of nitrogens with zero attached hydrogens (tertiary/aromatic N) is 1. The van der Waals surface area contributed by atoms with Crippen molar-refractivity contribution in [2.75, 3.05) is 14.2 Å². The maximum atomic E-state index is 12.1. The van der Waals surface area contributed by atoms with Crippen LogP contribution in [0.2, 0.25) is 0 Å². The first-order valence-electron chi connectivity index (χ1n) is 8.15. The Morgan fingerprint density at radius 1 is 1.12 bits per heavy atom. The van der Waals surface area contributed by atoms with E-state index < -0.39 is 0 Å². The van der Waals surface area contributed by atoms with Crippen molar-refractivity contribution in [2.24, 2.45) is 0 Å². The zero-order valence-corrected chi connectivity index (χ0v) is 14.7. The summed E-state index contributed by atoms with van der Waals surface area (Å²) in [6.45, 7) is 2.80. The molecule has 0 spiro atoms. The summed E-state index contributed by atoms with van der Waals surface area (Å²) in [6, 6.07) is 16.3. The molecule has 25 heavy (non-hydrogen) atoms. The van der Waals surface area contributed by atoms with E-state index >= 15 is 0 Å². The third kappa shape index (κ3) is 3.51. The van der Waals surface area contributed by atoms with Gasteiger partial charge < -0.3 is 9.30 Å². The van der Waals surface area contributed by atoms with E-state index in [2.05, 4.69) is 22.2 Å². The van der Waals surface area contributed by atoms with Crippen LogP contribution in [0.5, 0.6) is 5.75 Å². The first kappa shape index (κ1) is 17.0. The molecule has 5 heteroatoms. The van der Waals surface area contributed by atoms with Crippen molar-refractivity contribution in [3.8, 4) is 5.75 Å². The minimum absolute atomic E-state index is 0.174. The Labute approximate surface area is 147 Å². The zero-order chi connectivity index (χ0) is 17.8. The van der Waals surface area contributed by atoms with E-state index in [1.54, 1.807) is 7.11 Å². The normalized spacial score (nSPS) is 10.8. The lowest BCUT2D eigenvalue weighted by Crippen LogP contribution is -2.23. The quantitative estimate of drug-likeness (QED) is 0.702. The molecule has 0 radical (unpaired) electrons. The van der Waals surface area contributed by atoms with Crippen LogP contribution in [0.4, 0.5) is 0 Å². The van der Waals surface area contributed by atoms with Crippen LogP contribution in [0.1, 0.15) is 16.8 Å². The van der Waals surface area contributed by atoms with Crippen LogP contribution in [0.25, 0.3) is 10.9 Å². The minimum Gasteiger partial charge on any atom is -0.497 e. The fourth-order valence-corrected chi connectivity index (χ4v) is 3.16. The fourth-order valence-electron chi connectivity index (χ4n) is 3.16. The molecular weight excluding hydrogens is 316 g/mol. The number of ether oxygens (including phenoxy) is 1. The summed E-state index contributed by atoms with van der Waals surface area (Å²) in [7, 11) is 3.08. The second-order valence-corrected chi connectivity index (χ2v) is 5.92. The third-order valence-corrected chi connectivity index (χ3v) is 4.40. The molecule has 1 N–H and O–H groups in total. The first-order valence-corrected chi connectivity index (χ1v) is 8.15. The molecular formula is C20H22N2O3. The lowest BCUT2D eigenvalue weighted by Gasteiger charge is -2.09. The average Bonchev–Trinajstić information content (AvgIpc) is 2.88.